The molecule has 0 amide bonds. The fourth-order valence-electron chi connectivity index (χ4n) is 3.80. The predicted octanol–water partition coefficient (Wildman–Crippen LogP) is -3.42. The van der Waals surface area contributed by atoms with Gasteiger partial charge < -0.3 is 59.5 Å². The van der Waals surface area contributed by atoms with Crippen molar-refractivity contribution in [1.82, 2.24) is 0 Å². The van der Waals surface area contributed by atoms with Crippen molar-refractivity contribution in [3.05, 3.63) is 23.7 Å². The maximum atomic E-state index is 10.1. The Labute approximate surface area is 177 Å². The summed E-state index contributed by atoms with van der Waals surface area (Å²) in [5, 5.41) is 78.2. The molecule has 1 aliphatic heterocycles. The van der Waals surface area contributed by atoms with E-state index in [1.165, 1.54) is 12.5 Å². The highest BCUT2D eigenvalue weighted by Gasteiger charge is 2.44. The lowest BCUT2D eigenvalue weighted by atomic mass is 9.81. The Morgan fingerprint density at radius 1 is 0.742 bits per heavy atom. The van der Waals surface area contributed by atoms with Crippen LogP contribution in [0.15, 0.2) is 16.9 Å². The Morgan fingerprint density at radius 3 is 1.97 bits per heavy atom. The van der Waals surface area contributed by atoms with Crippen molar-refractivity contribution in [2.45, 2.75) is 74.8 Å². The lowest BCUT2D eigenvalue weighted by Crippen LogP contribution is -2.59. The van der Waals surface area contributed by atoms with Gasteiger partial charge in [-0.05, 0) is 6.42 Å². The topological polar surface area (TPSA) is 203 Å². The first-order valence-electron chi connectivity index (χ1n) is 10.0. The van der Waals surface area contributed by atoms with Gasteiger partial charge in [-0.25, -0.2) is 0 Å². The van der Waals surface area contributed by atoms with E-state index >= 15 is 0 Å². The summed E-state index contributed by atoms with van der Waals surface area (Å²) in [7, 11) is 0. The molecule has 1 saturated heterocycles. The molecule has 1 aromatic rings. The van der Waals surface area contributed by atoms with Crippen LogP contribution < -0.4 is 0 Å². The molecule has 12 heteroatoms. The van der Waals surface area contributed by atoms with Crippen molar-refractivity contribution in [2.75, 3.05) is 13.2 Å². The zero-order valence-electron chi connectivity index (χ0n) is 16.7. The average Bonchev–Trinajstić information content (AvgIpc) is 3.22. The first kappa shape index (κ1) is 24.5. The van der Waals surface area contributed by atoms with Crippen LogP contribution in [0.1, 0.15) is 17.5 Å². The second-order valence-corrected chi connectivity index (χ2v) is 7.93. The van der Waals surface area contributed by atoms with Gasteiger partial charge in [-0.3, -0.25) is 0 Å². The molecular formula is C19H30O12. The predicted molar refractivity (Wildman–Crippen MR) is 99.1 cm³/mol. The minimum Gasteiger partial charge on any atom is -0.472 e. The van der Waals surface area contributed by atoms with Crippen LogP contribution in [0.4, 0.5) is 0 Å². The smallest absolute Gasteiger partial charge is 0.187 e. The van der Waals surface area contributed by atoms with Crippen LogP contribution in [-0.2, 0) is 27.4 Å². The fraction of sp³-hybridized carbons (Fsp3) is 0.789. The van der Waals surface area contributed by atoms with E-state index < -0.39 is 67.6 Å². The van der Waals surface area contributed by atoms with Crippen LogP contribution >= 0.6 is 0 Å². The minimum atomic E-state index is -1.56. The lowest BCUT2D eigenvalue weighted by molar-refractivity contribution is -0.304. The van der Waals surface area contributed by atoms with E-state index in [2.05, 4.69) is 0 Å². The molecule has 2 aliphatic rings. The molecule has 2 fully saturated rings. The van der Waals surface area contributed by atoms with E-state index in [-0.39, 0.29) is 26.2 Å². The van der Waals surface area contributed by atoms with Gasteiger partial charge in [0.25, 0.3) is 0 Å². The van der Waals surface area contributed by atoms with Gasteiger partial charge in [-0.15, -0.1) is 0 Å². The van der Waals surface area contributed by atoms with Gasteiger partial charge in [0, 0.05) is 23.7 Å². The Morgan fingerprint density at radius 2 is 1.35 bits per heavy atom. The largest absolute Gasteiger partial charge is 0.472 e. The van der Waals surface area contributed by atoms with Gasteiger partial charge in [-0.2, -0.15) is 0 Å². The van der Waals surface area contributed by atoms with Crippen LogP contribution in [-0.4, -0.2) is 109 Å². The summed E-state index contributed by atoms with van der Waals surface area (Å²) in [5.41, 5.74) is 1.06. The van der Waals surface area contributed by atoms with E-state index in [0.29, 0.717) is 11.1 Å². The summed E-state index contributed by atoms with van der Waals surface area (Å²) in [6.45, 7) is -1.10. The molecule has 31 heavy (non-hydrogen) atoms. The van der Waals surface area contributed by atoms with Crippen LogP contribution in [0, 0.1) is 5.92 Å². The number of ether oxygens (including phenoxy) is 3. The quantitative estimate of drug-likeness (QED) is 0.195. The third-order valence-corrected chi connectivity index (χ3v) is 5.87. The molecular weight excluding hydrogens is 420 g/mol. The average molecular weight is 450 g/mol. The molecule has 3 rings (SSSR count). The van der Waals surface area contributed by atoms with Crippen molar-refractivity contribution in [1.29, 1.82) is 0 Å². The third-order valence-electron chi connectivity index (χ3n) is 5.87. The molecule has 10 atom stereocenters. The van der Waals surface area contributed by atoms with Crippen molar-refractivity contribution in [2.24, 2.45) is 5.92 Å². The summed E-state index contributed by atoms with van der Waals surface area (Å²) in [6.07, 6.45) is -8.95. The molecule has 0 radical (unpaired) electrons. The van der Waals surface area contributed by atoms with Gasteiger partial charge in [0.1, 0.15) is 36.6 Å². The van der Waals surface area contributed by atoms with Gasteiger partial charge >= 0.3 is 0 Å². The second kappa shape index (κ2) is 10.6. The molecule has 8 N–H and O–H groups in total. The third kappa shape index (κ3) is 5.26. The van der Waals surface area contributed by atoms with E-state index in [1.807, 2.05) is 0 Å². The van der Waals surface area contributed by atoms with Crippen molar-refractivity contribution >= 4 is 0 Å². The molecule has 0 aromatic carbocycles. The summed E-state index contributed by atoms with van der Waals surface area (Å²) >= 11 is 0. The normalized spacial score (nSPS) is 41.4. The van der Waals surface area contributed by atoms with Gasteiger partial charge in [-0.1, -0.05) is 0 Å². The first-order valence-corrected chi connectivity index (χ1v) is 10.0. The summed E-state index contributed by atoms with van der Waals surface area (Å²) in [6, 6.07) is 0. The second-order valence-electron chi connectivity index (χ2n) is 7.93. The molecule has 1 aromatic heterocycles. The van der Waals surface area contributed by atoms with Crippen LogP contribution in [0.3, 0.4) is 0 Å². The highest BCUT2D eigenvalue weighted by atomic mass is 16.7. The number of aliphatic hydroxyl groups excluding tert-OH is 8. The van der Waals surface area contributed by atoms with Crippen molar-refractivity contribution in [3.63, 3.8) is 0 Å². The van der Waals surface area contributed by atoms with E-state index in [0.717, 1.165) is 0 Å². The van der Waals surface area contributed by atoms with E-state index in [4.69, 9.17) is 18.6 Å². The number of hydrogen-bond donors (Lipinski definition) is 8. The molecule has 2 heterocycles. The zero-order chi connectivity index (χ0) is 22.7. The molecule has 12 nitrogen and oxygen atoms in total. The van der Waals surface area contributed by atoms with Crippen LogP contribution in [0.2, 0.25) is 0 Å². The van der Waals surface area contributed by atoms with Crippen LogP contribution in [0.25, 0.3) is 0 Å². The number of rotatable bonds is 8. The summed E-state index contributed by atoms with van der Waals surface area (Å²) in [5.74, 6) is -0.637. The Bertz CT molecular complexity index is 624. The van der Waals surface area contributed by atoms with Gasteiger partial charge in [0.2, 0.25) is 0 Å². The Balaban J connectivity index is 1.56. The number of aliphatic hydroxyl groups is 8. The lowest BCUT2D eigenvalue weighted by Gasteiger charge is -2.39. The van der Waals surface area contributed by atoms with Gasteiger partial charge in [0.05, 0.1) is 44.6 Å². The number of furan rings is 1. The first-order chi connectivity index (χ1) is 14.8. The highest BCUT2D eigenvalue weighted by molar-refractivity contribution is 5.19. The van der Waals surface area contributed by atoms with E-state index in [9.17, 15) is 40.9 Å². The maximum absolute atomic E-state index is 10.1. The minimum absolute atomic E-state index is 0.0352. The fourth-order valence-corrected chi connectivity index (χ4v) is 3.80. The summed E-state index contributed by atoms with van der Waals surface area (Å²) in [4.78, 5) is 0. The number of hydrogen-bond acceptors (Lipinski definition) is 12. The zero-order valence-corrected chi connectivity index (χ0v) is 16.7. The SMILES string of the molecule is OCC1CC(OCc2cocc2COC2OC(CO)C(O)C(O)C2O)C(O)C(O)C1O. The van der Waals surface area contributed by atoms with Crippen molar-refractivity contribution in [3.8, 4) is 0 Å². The molecule has 1 saturated carbocycles. The summed E-state index contributed by atoms with van der Waals surface area (Å²) < 4.78 is 21.6. The Hall–Kier alpha value is -1.16. The molecule has 10 unspecified atom stereocenters. The van der Waals surface area contributed by atoms with Crippen molar-refractivity contribution < 1.29 is 59.5 Å². The highest BCUT2D eigenvalue weighted by Crippen LogP contribution is 2.29. The maximum Gasteiger partial charge on any atom is 0.187 e. The monoisotopic (exact) mass is 450 g/mol. The van der Waals surface area contributed by atoms with E-state index in [1.54, 1.807) is 0 Å². The molecule has 0 bridgehead atoms. The molecule has 178 valence electrons. The molecule has 1 aliphatic carbocycles. The van der Waals surface area contributed by atoms with Gasteiger partial charge in [0.15, 0.2) is 6.29 Å². The standard InChI is InChI=1S/C19H30O12/c20-2-8-1-11(14(23)16(25)13(8)22)29-6-9-4-28-5-10(9)7-30-19-18(27)17(26)15(24)12(3-21)31-19/h4-5,8,11-27H,1-3,6-7H2. The van der Waals surface area contributed by atoms with Crippen LogP contribution in [0.5, 0.6) is 0 Å². The Kier molecular flexibility index (Phi) is 8.40. The molecule has 0 spiro atoms.